The third kappa shape index (κ3) is 5.08. The van der Waals surface area contributed by atoms with Crippen LogP contribution in [0.15, 0.2) is 33.4 Å². The molecule has 0 aliphatic carbocycles. The molecule has 0 aliphatic rings. The number of quaternary nitrogens is 1. The summed E-state index contributed by atoms with van der Waals surface area (Å²) in [4.78, 5) is 4.85. The molecule has 5 heteroatoms. The highest BCUT2D eigenvalue weighted by Gasteiger charge is 2.15. The second-order valence-electron chi connectivity index (χ2n) is 2.73. The molecule has 0 rings (SSSR count). The summed E-state index contributed by atoms with van der Waals surface area (Å²) in [5, 5.41) is 0. The maximum Gasteiger partial charge on any atom is 0.140 e. The third-order valence-corrected chi connectivity index (χ3v) is 3.25. The molecule has 0 saturated carbocycles. The van der Waals surface area contributed by atoms with Gasteiger partial charge in [-0.1, -0.05) is 28.6 Å². The Hall–Kier alpha value is 0.0600. The average Bonchev–Trinajstić information content (AvgIpc) is 2.25. The lowest BCUT2D eigenvalue weighted by Crippen LogP contribution is -2.76. The van der Waals surface area contributed by atoms with E-state index in [0.29, 0.717) is 0 Å². The van der Waals surface area contributed by atoms with E-state index in [1.807, 2.05) is 13.1 Å². The minimum atomic E-state index is -0.0340. The van der Waals surface area contributed by atoms with Crippen molar-refractivity contribution in [1.82, 2.24) is 0 Å². The van der Waals surface area contributed by atoms with E-state index in [-0.39, 0.29) is 6.10 Å². The van der Waals surface area contributed by atoms with E-state index in [9.17, 15) is 0 Å². The molecule has 0 spiro atoms. The van der Waals surface area contributed by atoms with Gasteiger partial charge in [-0.05, 0) is 22.9 Å². The van der Waals surface area contributed by atoms with E-state index in [1.54, 1.807) is 25.8 Å². The summed E-state index contributed by atoms with van der Waals surface area (Å²) in [6, 6.07) is 0. The van der Waals surface area contributed by atoms with Gasteiger partial charge in [0.15, 0.2) is 0 Å². The fraction of sp³-hybridized carbons (Fsp3) is 0.400. The number of ether oxygens (including phenoxy) is 1. The monoisotopic (exact) mass is 340 g/mol. The first kappa shape index (κ1) is 15.1. The van der Waals surface area contributed by atoms with Gasteiger partial charge in [0.25, 0.3) is 0 Å². The van der Waals surface area contributed by atoms with Crippen molar-refractivity contribution in [2.24, 2.45) is 0 Å². The molecule has 1 atom stereocenters. The molecular weight excluding hydrogens is 326 g/mol. The fourth-order valence-corrected chi connectivity index (χ4v) is 2.39. The molecule has 1 unspecified atom stereocenters. The molecule has 0 aliphatic heterocycles. The number of rotatable bonds is 6. The standard InChI is InChI=1S/C10H15Br2NO2/c1-5-8(11)10(7(2)14-3)9(12)6-13-15-4/h5-7,13H,1H2,2-4H3/p+1/b9-6+,10-8+. The van der Waals surface area contributed by atoms with Gasteiger partial charge in [-0.3, -0.25) is 0 Å². The van der Waals surface area contributed by atoms with Crippen molar-refractivity contribution in [3.05, 3.63) is 33.4 Å². The summed E-state index contributed by atoms with van der Waals surface area (Å²) in [5.41, 5.74) is 2.58. The zero-order valence-corrected chi connectivity index (χ0v) is 12.3. The largest absolute Gasteiger partial charge is 0.377 e. The van der Waals surface area contributed by atoms with Crippen LogP contribution in [0, 0.1) is 0 Å². The Bertz CT molecular complexity index is 275. The van der Waals surface area contributed by atoms with Crippen LogP contribution in [0.2, 0.25) is 0 Å². The number of allylic oxidation sites excluding steroid dienone is 2. The molecule has 0 radical (unpaired) electrons. The Kier molecular flexibility index (Phi) is 8.27. The third-order valence-electron chi connectivity index (χ3n) is 1.80. The van der Waals surface area contributed by atoms with Gasteiger partial charge in [-0.25, -0.2) is 4.84 Å². The predicted octanol–water partition coefficient (Wildman–Crippen LogP) is 2.22. The summed E-state index contributed by atoms with van der Waals surface area (Å²) in [6.45, 7) is 5.67. The van der Waals surface area contributed by atoms with E-state index in [1.165, 1.54) is 0 Å². The summed E-state index contributed by atoms with van der Waals surface area (Å²) < 4.78 is 7.06. The fourth-order valence-electron chi connectivity index (χ4n) is 0.948. The van der Waals surface area contributed by atoms with Crippen molar-refractivity contribution in [3.63, 3.8) is 0 Å². The van der Waals surface area contributed by atoms with Gasteiger partial charge >= 0.3 is 0 Å². The maximum atomic E-state index is 5.28. The van der Waals surface area contributed by atoms with E-state index in [0.717, 1.165) is 14.5 Å². The number of hydrogen-bond acceptors (Lipinski definition) is 2. The maximum absolute atomic E-state index is 5.28. The summed E-state index contributed by atoms with van der Waals surface area (Å²) in [6.07, 6.45) is 3.51. The zero-order valence-electron chi connectivity index (χ0n) is 9.09. The number of hydroxylamine groups is 1. The molecule has 0 heterocycles. The van der Waals surface area contributed by atoms with E-state index in [4.69, 9.17) is 9.57 Å². The first-order valence-electron chi connectivity index (χ1n) is 4.35. The van der Waals surface area contributed by atoms with Crippen molar-refractivity contribution >= 4 is 31.9 Å². The molecule has 3 nitrogen and oxygen atoms in total. The molecule has 15 heavy (non-hydrogen) atoms. The predicted molar refractivity (Wildman–Crippen MR) is 68.6 cm³/mol. The van der Waals surface area contributed by atoms with Crippen molar-refractivity contribution in [2.75, 3.05) is 14.2 Å². The highest BCUT2D eigenvalue weighted by atomic mass is 79.9. The highest BCUT2D eigenvalue weighted by Crippen LogP contribution is 2.28. The average molecular weight is 342 g/mol. The molecule has 86 valence electrons. The molecule has 2 N–H and O–H groups in total. The lowest BCUT2D eigenvalue weighted by molar-refractivity contribution is -0.842. The lowest BCUT2D eigenvalue weighted by atomic mass is 10.1. The Labute approximate surface area is 107 Å². The molecule has 0 fully saturated rings. The second-order valence-corrected chi connectivity index (χ2v) is 4.44. The molecular formula is C10H16Br2NO2+. The van der Waals surface area contributed by atoms with Crippen molar-refractivity contribution in [1.29, 1.82) is 0 Å². The van der Waals surface area contributed by atoms with Crippen LogP contribution in [0.4, 0.5) is 0 Å². The molecule has 0 aromatic rings. The first-order chi connectivity index (χ1) is 7.08. The summed E-state index contributed by atoms with van der Waals surface area (Å²) >= 11 is 6.90. The number of halogens is 2. The van der Waals surface area contributed by atoms with Crippen molar-refractivity contribution in [3.8, 4) is 0 Å². The van der Waals surface area contributed by atoms with E-state index >= 15 is 0 Å². The van der Waals surface area contributed by atoms with Crippen LogP contribution in [-0.2, 0) is 9.57 Å². The van der Waals surface area contributed by atoms with Crippen LogP contribution in [0.3, 0.4) is 0 Å². The van der Waals surface area contributed by atoms with Crippen LogP contribution in [0.1, 0.15) is 6.92 Å². The van der Waals surface area contributed by atoms with Gasteiger partial charge < -0.3 is 4.74 Å². The number of hydrogen-bond donors (Lipinski definition) is 1. The molecule has 0 bridgehead atoms. The Balaban J connectivity index is 5.03. The number of methoxy groups -OCH3 is 1. The minimum Gasteiger partial charge on any atom is -0.377 e. The van der Waals surface area contributed by atoms with Crippen LogP contribution < -0.4 is 5.48 Å². The first-order valence-corrected chi connectivity index (χ1v) is 5.94. The Morgan fingerprint density at radius 1 is 1.40 bits per heavy atom. The second kappa shape index (κ2) is 8.24. The van der Waals surface area contributed by atoms with Crippen LogP contribution in [0.5, 0.6) is 0 Å². The highest BCUT2D eigenvalue weighted by molar-refractivity contribution is 9.12. The Morgan fingerprint density at radius 3 is 2.40 bits per heavy atom. The SMILES string of the molecule is C=C/C(Br)=C(\C(Br)=C/[NH2+]OC)C(C)OC. The topological polar surface area (TPSA) is 35.1 Å². The molecule has 0 aromatic carbocycles. The van der Waals surface area contributed by atoms with Crippen molar-refractivity contribution in [2.45, 2.75) is 13.0 Å². The van der Waals surface area contributed by atoms with Crippen LogP contribution >= 0.6 is 31.9 Å². The van der Waals surface area contributed by atoms with E-state index < -0.39 is 0 Å². The van der Waals surface area contributed by atoms with Gasteiger partial charge in [0.05, 0.1) is 17.7 Å². The van der Waals surface area contributed by atoms with Crippen LogP contribution in [-0.4, -0.2) is 20.3 Å². The Morgan fingerprint density at radius 2 is 2.00 bits per heavy atom. The lowest BCUT2D eigenvalue weighted by Gasteiger charge is -2.14. The minimum absolute atomic E-state index is 0.0340. The molecule has 0 amide bonds. The zero-order chi connectivity index (χ0) is 11.8. The van der Waals surface area contributed by atoms with Gasteiger partial charge in [-0.15, -0.1) is 0 Å². The summed E-state index contributed by atoms with van der Waals surface area (Å²) in [7, 11) is 3.26. The quantitative estimate of drug-likeness (QED) is 0.594. The van der Waals surface area contributed by atoms with Gasteiger partial charge in [0.2, 0.25) is 0 Å². The number of nitrogens with two attached hydrogens (primary N) is 1. The van der Waals surface area contributed by atoms with Gasteiger partial charge in [0.1, 0.15) is 6.20 Å². The summed E-state index contributed by atoms with van der Waals surface area (Å²) in [5.74, 6) is 0. The normalized spacial score (nSPS) is 15.9. The molecule has 0 saturated heterocycles. The molecule has 0 aromatic heterocycles. The smallest absolute Gasteiger partial charge is 0.140 e. The van der Waals surface area contributed by atoms with Gasteiger partial charge in [-0.2, -0.15) is 5.48 Å². The van der Waals surface area contributed by atoms with Gasteiger partial charge in [0, 0.05) is 17.2 Å². The van der Waals surface area contributed by atoms with Crippen LogP contribution in [0.25, 0.3) is 0 Å². The van der Waals surface area contributed by atoms with Crippen molar-refractivity contribution < 1.29 is 15.1 Å². The van der Waals surface area contributed by atoms with E-state index in [2.05, 4.69) is 38.4 Å².